The molecular formula is C16H21ClFN5O. The van der Waals surface area contributed by atoms with Crippen molar-refractivity contribution in [1.29, 1.82) is 0 Å². The minimum Gasteiger partial charge on any atom is -0.333 e. The van der Waals surface area contributed by atoms with E-state index < -0.39 is 0 Å². The highest BCUT2D eigenvalue weighted by Crippen LogP contribution is 2.20. The highest BCUT2D eigenvalue weighted by Gasteiger charge is 2.25. The first-order valence-corrected chi connectivity index (χ1v) is 7.80. The van der Waals surface area contributed by atoms with Crippen LogP contribution in [0.25, 0.3) is 5.69 Å². The molecule has 0 unspecified atom stereocenters. The summed E-state index contributed by atoms with van der Waals surface area (Å²) in [5.74, 6) is 0.128. The Hall–Kier alpha value is -1.99. The number of carbonyl (C=O) groups excluding carboxylic acids is 1. The molecule has 1 fully saturated rings. The van der Waals surface area contributed by atoms with E-state index in [0.29, 0.717) is 24.6 Å². The van der Waals surface area contributed by atoms with Crippen LogP contribution in [-0.2, 0) is 0 Å². The number of nitrogens with one attached hydrogen (secondary N) is 1. The summed E-state index contributed by atoms with van der Waals surface area (Å²) in [6.45, 7) is 6.67. The topological polar surface area (TPSA) is 63.1 Å². The molecule has 1 N–H and O–H groups in total. The van der Waals surface area contributed by atoms with Gasteiger partial charge in [0.2, 0.25) is 5.82 Å². The summed E-state index contributed by atoms with van der Waals surface area (Å²) >= 11 is 0. The number of para-hydroxylation sites is 1. The molecule has 0 atom stereocenters. The summed E-state index contributed by atoms with van der Waals surface area (Å²) in [7, 11) is 0. The average Bonchev–Trinajstić information content (AvgIpc) is 3.01. The second-order valence-electron chi connectivity index (χ2n) is 5.85. The van der Waals surface area contributed by atoms with Crippen molar-refractivity contribution in [2.45, 2.75) is 19.8 Å². The lowest BCUT2D eigenvalue weighted by Gasteiger charge is -2.26. The van der Waals surface area contributed by atoms with E-state index in [1.165, 1.54) is 10.7 Å². The number of amides is 1. The molecule has 1 aliphatic rings. The number of carbonyl (C=O) groups is 1. The van der Waals surface area contributed by atoms with Crippen LogP contribution < -0.4 is 5.32 Å². The number of halogens is 2. The molecule has 130 valence electrons. The molecule has 1 amide bonds. The van der Waals surface area contributed by atoms with Gasteiger partial charge in [-0.1, -0.05) is 26.0 Å². The van der Waals surface area contributed by atoms with Crippen molar-refractivity contribution in [3.63, 3.8) is 0 Å². The number of hydrogen-bond acceptors (Lipinski definition) is 4. The maximum Gasteiger partial charge on any atom is 0.293 e. The molecule has 0 bridgehead atoms. The number of benzene rings is 1. The molecule has 0 saturated carbocycles. The minimum absolute atomic E-state index is 0. The summed E-state index contributed by atoms with van der Waals surface area (Å²) in [5, 5.41) is 7.49. The van der Waals surface area contributed by atoms with Crippen LogP contribution in [-0.4, -0.2) is 51.8 Å². The SMILES string of the molecule is CC(C)c1nc(C(=O)N2CCNCC2)nn1-c1ccccc1F.Cl. The van der Waals surface area contributed by atoms with Crippen LogP contribution >= 0.6 is 12.4 Å². The molecule has 1 aliphatic heterocycles. The van der Waals surface area contributed by atoms with E-state index in [0.717, 1.165) is 13.1 Å². The molecule has 0 aliphatic carbocycles. The smallest absolute Gasteiger partial charge is 0.293 e. The Balaban J connectivity index is 0.00000208. The molecule has 6 nitrogen and oxygen atoms in total. The van der Waals surface area contributed by atoms with Gasteiger partial charge in [-0.3, -0.25) is 4.79 Å². The predicted molar refractivity (Wildman–Crippen MR) is 91.4 cm³/mol. The normalized spacial score (nSPS) is 14.6. The fourth-order valence-electron chi connectivity index (χ4n) is 2.60. The number of nitrogens with zero attached hydrogens (tertiary/aromatic N) is 4. The minimum atomic E-state index is -0.388. The predicted octanol–water partition coefficient (Wildman–Crippen LogP) is 2.00. The third kappa shape index (κ3) is 3.57. The van der Waals surface area contributed by atoms with Crippen molar-refractivity contribution in [1.82, 2.24) is 25.0 Å². The van der Waals surface area contributed by atoms with Gasteiger partial charge in [-0.05, 0) is 12.1 Å². The first-order valence-electron chi connectivity index (χ1n) is 7.80. The van der Waals surface area contributed by atoms with Gasteiger partial charge in [0.05, 0.1) is 0 Å². The molecular weight excluding hydrogens is 333 g/mol. The third-order valence-electron chi connectivity index (χ3n) is 3.82. The lowest BCUT2D eigenvalue weighted by molar-refractivity contribution is 0.0723. The van der Waals surface area contributed by atoms with E-state index in [9.17, 15) is 9.18 Å². The molecule has 0 spiro atoms. The van der Waals surface area contributed by atoms with Gasteiger partial charge in [0, 0.05) is 32.1 Å². The molecule has 1 saturated heterocycles. The zero-order valence-corrected chi connectivity index (χ0v) is 14.5. The summed E-state index contributed by atoms with van der Waals surface area (Å²) in [6.07, 6.45) is 0. The Morgan fingerprint density at radius 2 is 1.92 bits per heavy atom. The van der Waals surface area contributed by atoms with E-state index in [4.69, 9.17) is 0 Å². The van der Waals surface area contributed by atoms with Crippen LogP contribution in [0.4, 0.5) is 4.39 Å². The summed E-state index contributed by atoms with van der Waals surface area (Å²) in [5.41, 5.74) is 0.308. The van der Waals surface area contributed by atoms with Crippen molar-refractivity contribution in [3.8, 4) is 5.69 Å². The quantitative estimate of drug-likeness (QED) is 0.916. The Morgan fingerprint density at radius 1 is 1.25 bits per heavy atom. The maximum atomic E-state index is 14.1. The van der Waals surface area contributed by atoms with Crippen molar-refractivity contribution >= 4 is 18.3 Å². The molecule has 24 heavy (non-hydrogen) atoms. The van der Waals surface area contributed by atoms with Gasteiger partial charge in [0.25, 0.3) is 5.91 Å². The average molecular weight is 354 g/mol. The lowest BCUT2D eigenvalue weighted by atomic mass is 10.2. The van der Waals surface area contributed by atoms with Gasteiger partial charge in [-0.15, -0.1) is 17.5 Å². The summed E-state index contributed by atoms with van der Waals surface area (Å²) in [6, 6.07) is 6.37. The molecule has 0 radical (unpaired) electrons. The fraction of sp³-hybridized carbons (Fsp3) is 0.438. The lowest BCUT2D eigenvalue weighted by Crippen LogP contribution is -2.46. The summed E-state index contributed by atoms with van der Waals surface area (Å²) < 4.78 is 15.5. The van der Waals surface area contributed by atoms with E-state index in [-0.39, 0.29) is 35.9 Å². The second kappa shape index (κ2) is 7.72. The molecule has 8 heteroatoms. The van der Waals surface area contributed by atoms with Crippen LogP contribution in [0.5, 0.6) is 0 Å². The van der Waals surface area contributed by atoms with Crippen LogP contribution in [0.15, 0.2) is 24.3 Å². The largest absolute Gasteiger partial charge is 0.333 e. The zero-order valence-electron chi connectivity index (χ0n) is 13.7. The van der Waals surface area contributed by atoms with Crippen LogP contribution in [0.3, 0.4) is 0 Å². The van der Waals surface area contributed by atoms with Gasteiger partial charge in [0.15, 0.2) is 0 Å². The number of rotatable bonds is 3. The Morgan fingerprint density at radius 3 is 2.54 bits per heavy atom. The first-order chi connectivity index (χ1) is 11.1. The van der Waals surface area contributed by atoms with Gasteiger partial charge < -0.3 is 10.2 Å². The second-order valence-corrected chi connectivity index (χ2v) is 5.85. The van der Waals surface area contributed by atoms with E-state index >= 15 is 0 Å². The third-order valence-corrected chi connectivity index (χ3v) is 3.82. The zero-order chi connectivity index (χ0) is 16.4. The highest BCUT2D eigenvalue weighted by molar-refractivity contribution is 5.90. The highest BCUT2D eigenvalue weighted by atomic mass is 35.5. The standard InChI is InChI=1S/C16H20FN5O.ClH/c1-11(2)15-19-14(16(23)21-9-7-18-8-10-21)20-22(15)13-6-4-3-5-12(13)17;/h3-6,11,18H,7-10H2,1-2H3;1H. The Bertz CT molecular complexity index is 712. The molecule has 2 aromatic rings. The molecule has 1 aromatic heterocycles. The monoisotopic (exact) mass is 353 g/mol. The fourth-order valence-corrected chi connectivity index (χ4v) is 2.60. The van der Waals surface area contributed by atoms with Gasteiger partial charge in [-0.2, -0.15) is 0 Å². The molecule has 2 heterocycles. The first kappa shape index (κ1) is 18.4. The molecule has 1 aromatic carbocycles. The van der Waals surface area contributed by atoms with E-state index in [1.807, 2.05) is 13.8 Å². The summed E-state index contributed by atoms with van der Waals surface area (Å²) in [4.78, 5) is 18.7. The van der Waals surface area contributed by atoms with Crippen LogP contribution in [0.1, 0.15) is 36.2 Å². The molecule has 3 rings (SSSR count). The van der Waals surface area contributed by atoms with Gasteiger partial charge in [-0.25, -0.2) is 14.1 Å². The van der Waals surface area contributed by atoms with Crippen molar-refractivity contribution in [3.05, 3.63) is 41.7 Å². The Labute approximate surface area is 146 Å². The maximum absolute atomic E-state index is 14.1. The van der Waals surface area contributed by atoms with Gasteiger partial charge >= 0.3 is 0 Å². The Kier molecular flexibility index (Phi) is 5.90. The van der Waals surface area contributed by atoms with E-state index in [1.54, 1.807) is 23.1 Å². The van der Waals surface area contributed by atoms with Crippen LogP contribution in [0, 0.1) is 5.82 Å². The number of aromatic nitrogens is 3. The van der Waals surface area contributed by atoms with E-state index in [2.05, 4.69) is 15.4 Å². The number of hydrogen-bond donors (Lipinski definition) is 1. The van der Waals surface area contributed by atoms with Crippen molar-refractivity contribution in [2.24, 2.45) is 0 Å². The van der Waals surface area contributed by atoms with Crippen molar-refractivity contribution < 1.29 is 9.18 Å². The van der Waals surface area contributed by atoms with Gasteiger partial charge in [0.1, 0.15) is 17.3 Å². The van der Waals surface area contributed by atoms with Crippen molar-refractivity contribution in [2.75, 3.05) is 26.2 Å². The number of piperazine rings is 1. The van der Waals surface area contributed by atoms with Crippen LogP contribution in [0.2, 0.25) is 0 Å².